The van der Waals surface area contributed by atoms with Crippen molar-refractivity contribution in [2.75, 3.05) is 0 Å². The van der Waals surface area contributed by atoms with E-state index in [-0.39, 0.29) is 5.91 Å². The van der Waals surface area contributed by atoms with Gasteiger partial charge in [-0.1, -0.05) is 6.07 Å². The fraction of sp³-hybridized carbons (Fsp3) is 0.111. The minimum absolute atomic E-state index is 0.344. The molecule has 0 spiro atoms. The molecule has 1 heterocycles. The monoisotopic (exact) mass is 207 g/mol. The molecule has 5 heteroatoms. The number of hydrogen-bond donors (Lipinski definition) is 2. The van der Waals surface area contributed by atoms with Crippen molar-refractivity contribution in [1.29, 1.82) is 0 Å². The normalized spacial score (nSPS) is 10.4. The molecule has 1 aromatic carbocycles. The van der Waals surface area contributed by atoms with Gasteiger partial charge in [0.2, 0.25) is 0 Å². The number of aryl methyl sites for hydroxylation is 1. The summed E-state index contributed by atoms with van der Waals surface area (Å²) in [5.41, 5.74) is 4.03. The first-order valence-corrected chi connectivity index (χ1v) is 4.90. The van der Waals surface area contributed by atoms with Gasteiger partial charge >= 0.3 is 0 Å². The second kappa shape index (κ2) is 3.36. The molecular weight excluding hydrogens is 198 g/mol. The molecule has 0 aliphatic rings. The number of amides is 1. The quantitative estimate of drug-likeness (QED) is 0.419. The summed E-state index contributed by atoms with van der Waals surface area (Å²) in [7, 11) is 0. The van der Waals surface area contributed by atoms with Crippen LogP contribution in [-0.4, -0.2) is 10.9 Å². The lowest BCUT2D eigenvalue weighted by Crippen LogP contribution is -2.29. The fourth-order valence-electron chi connectivity index (χ4n) is 1.20. The Morgan fingerprint density at radius 1 is 1.57 bits per heavy atom. The lowest BCUT2D eigenvalue weighted by molar-refractivity contribution is 0.0953. The average molecular weight is 207 g/mol. The molecule has 0 unspecified atom stereocenters. The van der Waals surface area contributed by atoms with E-state index in [1.807, 2.05) is 25.1 Å². The molecule has 0 aliphatic carbocycles. The number of carbonyl (C=O) groups excluding carboxylic acids is 1. The number of nitrogens with zero attached hydrogens (tertiary/aromatic N) is 1. The third kappa shape index (κ3) is 1.47. The van der Waals surface area contributed by atoms with Crippen molar-refractivity contribution in [3.05, 3.63) is 28.8 Å². The zero-order valence-electron chi connectivity index (χ0n) is 7.57. The van der Waals surface area contributed by atoms with Gasteiger partial charge in [0.15, 0.2) is 5.01 Å². The molecule has 4 nitrogen and oxygen atoms in total. The number of nitrogens with one attached hydrogen (secondary N) is 1. The van der Waals surface area contributed by atoms with Crippen LogP contribution in [-0.2, 0) is 0 Å². The van der Waals surface area contributed by atoms with Crippen LogP contribution < -0.4 is 11.3 Å². The van der Waals surface area contributed by atoms with Crippen molar-refractivity contribution in [1.82, 2.24) is 10.4 Å². The third-order valence-corrected chi connectivity index (χ3v) is 2.90. The molecule has 72 valence electrons. The number of rotatable bonds is 1. The molecule has 2 aromatic rings. The molecular formula is C9H9N3OS. The van der Waals surface area contributed by atoms with Crippen LogP contribution in [0.5, 0.6) is 0 Å². The second-order valence-electron chi connectivity index (χ2n) is 2.96. The fourth-order valence-corrected chi connectivity index (χ4v) is 2.05. The molecule has 1 amide bonds. The van der Waals surface area contributed by atoms with Crippen molar-refractivity contribution in [3.8, 4) is 0 Å². The van der Waals surface area contributed by atoms with Crippen molar-refractivity contribution in [2.24, 2.45) is 5.84 Å². The zero-order chi connectivity index (χ0) is 10.1. The van der Waals surface area contributed by atoms with Gasteiger partial charge in [-0.15, -0.1) is 11.3 Å². The highest BCUT2D eigenvalue weighted by atomic mass is 32.1. The average Bonchev–Trinajstić information content (AvgIpc) is 2.59. The number of thiazole rings is 1. The number of hydrogen-bond acceptors (Lipinski definition) is 4. The van der Waals surface area contributed by atoms with Gasteiger partial charge in [0, 0.05) is 0 Å². The van der Waals surface area contributed by atoms with Gasteiger partial charge in [0.05, 0.1) is 10.2 Å². The summed E-state index contributed by atoms with van der Waals surface area (Å²) in [6.45, 7) is 1.99. The Morgan fingerprint density at radius 2 is 2.36 bits per heavy atom. The summed E-state index contributed by atoms with van der Waals surface area (Å²) in [4.78, 5) is 15.4. The number of aromatic nitrogens is 1. The van der Waals surface area contributed by atoms with E-state index in [9.17, 15) is 4.79 Å². The Balaban J connectivity index is 2.56. The molecule has 0 bridgehead atoms. The van der Waals surface area contributed by atoms with Crippen LogP contribution in [0.15, 0.2) is 18.2 Å². The summed E-state index contributed by atoms with van der Waals surface area (Å²) in [5, 5.41) is 0.396. The first-order chi connectivity index (χ1) is 6.70. The van der Waals surface area contributed by atoms with Crippen LogP contribution in [0.25, 0.3) is 10.2 Å². The standard InChI is InChI=1S/C9H9N3OS/c1-5-2-3-7-6(4-5)11-9(14-7)8(13)12-10/h2-4H,10H2,1H3,(H,12,13). The minimum Gasteiger partial charge on any atom is -0.288 e. The van der Waals surface area contributed by atoms with Crippen molar-refractivity contribution < 1.29 is 4.79 Å². The van der Waals surface area contributed by atoms with E-state index in [0.29, 0.717) is 5.01 Å². The maximum atomic E-state index is 11.2. The van der Waals surface area contributed by atoms with E-state index in [1.54, 1.807) is 0 Å². The van der Waals surface area contributed by atoms with E-state index < -0.39 is 0 Å². The van der Waals surface area contributed by atoms with Gasteiger partial charge in [0.25, 0.3) is 5.91 Å². The number of fused-ring (bicyclic) bond motifs is 1. The second-order valence-corrected chi connectivity index (χ2v) is 3.99. The van der Waals surface area contributed by atoms with Gasteiger partial charge in [-0.3, -0.25) is 10.2 Å². The topological polar surface area (TPSA) is 68.0 Å². The van der Waals surface area contributed by atoms with Crippen LogP contribution in [0.3, 0.4) is 0 Å². The Morgan fingerprint density at radius 3 is 3.07 bits per heavy atom. The minimum atomic E-state index is -0.344. The van der Waals surface area contributed by atoms with Gasteiger partial charge in [-0.05, 0) is 24.6 Å². The lowest BCUT2D eigenvalue weighted by Gasteiger charge is -1.89. The maximum Gasteiger partial charge on any atom is 0.294 e. The molecule has 1 aromatic heterocycles. The van der Waals surface area contributed by atoms with E-state index in [2.05, 4.69) is 10.4 Å². The highest BCUT2D eigenvalue weighted by molar-refractivity contribution is 7.20. The lowest BCUT2D eigenvalue weighted by atomic mass is 10.2. The summed E-state index contributed by atoms with van der Waals surface area (Å²) < 4.78 is 0.995. The van der Waals surface area contributed by atoms with Crippen molar-refractivity contribution >= 4 is 27.5 Å². The summed E-state index contributed by atoms with van der Waals surface area (Å²) in [6.07, 6.45) is 0. The maximum absolute atomic E-state index is 11.2. The number of benzene rings is 1. The summed E-state index contributed by atoms with van der Waals surface area (Å²) >= 11 is 1.34. The third-order valence-electron chi connectivity index (χ3n) is 1.87. The van der Waals surface area contributed by atoms with Gasteiger partial charge in [0.1, 0.15) is 0 Å². The SMILES string of the molecule is Cc1ccc2sc(C(=O)NN)nc2c1. The molecule has 2 rings (SSSR count). The molecule has 0 atom stereocenters. The number of nitrogens with two attached hydrogens (primary N) is 1. The Kier molecular flexibility index (Phi) is 2.18. The van der Waals surface area contributed by atoms with Crippen LogP contribution in [0.4, 0.5) is 0 Å². The molecule has 0 saturated heterocycles. The highest BCUT2D eigenvalue weighted by Gasteiger charge is 2.10. The predicted octanol–water partition coefficient (Wildman–Crippen LogP) is 1.21. The molecule has 14 heavy (non-hydrogen) atoms. The first kappa shape index (κ1) is 9.11. The highest BCUT2D eigenvalue weighted by Crippen LogP contribution is 2.22. The van der Waals surface area contributed by atoms with Gasteiger partial charge in [-0.2, -0.15) is 0 Å². The summed E-state index contributed by atoms with van der Waals surface area (Å²) in [6, 6.07) is 5.89. The number of nitrogen functional groups attached to an aromatic ring is 1. The Bertz CT molecular complexity index is 492. The predicted molar refractivity (Wildman–Crippen MR) is 56.0 cm³/mol. The smallest absolute Gasteiger partial charge is 0.288 e. The van der Waals surface area contributed by atoms with Crippen LogP contribution in [0.1, 0.15) is 15.4 Å². The molecule has 0 saturated carbocycles. The summed E-state index contributed by atoms with van der Waals surface area (Å²) in [5.74, 6) is 4.68. The van der Waals surface area contributed by atoms with Crippen LogP contribution in [0.2, 0.25) is 0 Å². The van der Waals surface area contributed by atoms with Gasteiger partial charge < -0.3 is 0 Å². The zero-order valence-corrected chi connectivity index (χ0v) is 8.39. The number of hydrazine groups is 1. The van der Waals surface area contributed by atoms with E-state index in [4.69, 9.17) is 5.84 Å². The first-order valence-electron chi connectivity index (χ1n) is 4.09. The van der Waals surface area contributed by atoms with Crippen LogP contribution in [0, 0.1) is 6.92 Å². The van der Waals surface area contributed by atoms with Gasteiger partial charge in [-0.25, -0.2) is 10.8 Å². The van der Waals surface area contributed by atoms with E-state index in [1.165, 1.54) is 11.3 Å². The molecule has 0 aliphatic heterocycles. The molecule has 3 N–H and O–H groups in total. The van der Waals surface area contributed by atoms with Crippen LogP contribution >= 0.6 is 11.3 Å². The molecule has 0 radical (unpaired) electrons. The van der Waals surface area contributed by atoms with Crippen molar-refractivity contribution in [2.45, 2.75) is 6.92 Å². The Hall–Kier alpha value is -1.46. The van der Waals surface area contributed by atoms with E-state index in [0.717, 1.165) is 15.8 Å². The largest absolute Gasteiger partial charge is 0.294 e. The Labute approximate surface area is 84.7 Å². The van der Waals surface area contributed by atoms with Crippen molar-refractivity contribution in [3.63, 3.8) is 0 Å². The van der Waals surface area contributed by atoms with E-state index >= 15 is 0 Å². The molecule has 0 fully saturated rings. The number of carbonyl (C=O) groups is 1.